The molecule has 1 saturated heterocycles. The van der Waals surface area contributed by atoms with Crippen LogP contribution in [0.4, 0.5) is 0 Å². The zero-order valence-electron chi connectivity index (χ0n) is 18.2. The fourth-order valence-electron chi connectivity index (χ4n) is 3.73. The number of hydroxylamine groups is 1. The number of ether oxygens (including phenoxy) is 1. The highest BCUT2D eigenvalue weighted by Crippen LogP contribution is 2.23. The second kappa shape index (κ2) is 10.7. The van der Waals surface area contributed by atoms with Crippen LogP contribution in [0.25, 0.3) is 0 Å². The van der Waals surface area contributed by atoms with Crippen molar-refractivity contribution in [3.63, 3.8) is 0 Å². The van der Waals surface area contributed by atoms with E-state index in [0.717, 1.165) is 11.8 Å². The highest BCUT2D eigenvalue weighted by molar-refractivity contribution is 7.88. The van der Waals surface area contributed by atoms with Gasteiger partial charge in [0, 0.05) is 44.1 Å². The van der Waals surface area contributed by atoms with Crippen molar-refractivity contribution in [2.45, 2.75) is 19.1 Å². The summed E-state index contributed by atoms with van der Waals surface area (Å²) in [6.07, 6.45) is 4.51. The number of aromatic nitrogens is 1. The minimum absolute atomic E-state index is 0.0655. The number of nitrogens with two attached hydrogens (primary N) is 1. The number of nitrogens with zero attached hydrogens (tertiary/aromatic N) is 3. The molecule has 2 heterocycles. The molecule has 1 aromatic carbocycles. The van der Waals surface area contributed by atoms with Crippen LogP contribution in [0.5, 0.6) is 5.75 Å². The number of nitrogens with one attached hydrogen (secondary N) is 1. The second-order valence-electron chi connectivity index (χ2n) is 7.72. The molecule has 12 heteroatoms. The van der Waals surface area contributed by atoms with Crippen molar-refractivity contribution in [3.8, 4) is 5.75 Å². The Labute approximate surface area is 192 Å². The van der Waals surface area contributed by atoms with Gasteiger partial charge in [-0.1, -0.05) is 0 Å². The molecular weight excluding hydrogens is 450 g/mol. The number of carbonyl (C=O) groups is 2. The summed E-state index contributed by atoms with van der Waals surface area (Å²) < 4.78 is 30.7. The fourth-order valence-corrected chi connectivity index (χ4v) is 4.56. The van der Waals surface area contributed by atoms with E-state index in [1.165, 1.54) is 10.4 Å². The van der Waals surface area contributed by atoms with E-state index < -0.39 is 27.9 Å². The average Bonchev–Trinajstić information content (AvgIpc) is 2.81. The summed E-state index contributed by atoms with van der Waals surface area (Å²) >= 11 is 0. The molecule has 0 radical (unpaired) electrons. The Kier molecular flexibility index (Phi) is 7.97. The third kappa shape index (κ3) is 6.48. The molecule has 1 atom stereocenters. The molecule has 4 N–H and O–H groups in total. The largest absolute Gasteiger partial charge is 0.489 e. The molecule has 0 saturated carbocycles. The molecule has 1 aliphatic heterocycles. The maximum Gasteiger partial charge on any atom is 0.261 e. The van der Waals surface area contributed by atoms with Gasteiger partial charge in [-0.2, -0.15) is 4.31 Å². The second-order valence-corrected chi connectivity index (χ2v) is 9.70. The normalized spacial score (nSPS) is 16.2. The number of benzene rings is 1. The van der Waals surface area contributed by atoms with Crippen LogP contribution in [-0.2, 0) is 27.8 Å². The Bertz CT molecular complexity index is 1090. The van der Waals surface area contributed by atoms with Crippen LogP contribution in [-0.4, -0.2) is 78.1 Å². The SMILES string of the molecule is CS(=O)(=O)N1CCN([C@@H](Cc2cc(OCc3ccncc3)ccc2C(N)=O)C(=O)NO)CC1. The molecular formula is C21H27N5O6S. The van der Waals surface area contributed by atoms with Gasteiger partial charge in [-0.15, -0.1) is 0 Å². The van der Waals surface area contributed by atoms with Crippen LogP contribution in [0.3, 0.4) is 0 Å². The highest BCUT2D eigenvalue weighted by atomic mass is 32.2. The first kappa shape index (κ1) is 24.6. The first-order valence-electron chi connectivity index (χ1n) is 10.3. The van der Waals surface area contributed by atoms with Crippen molar-refractivity contribution in [2.24, 2.45) is 5.73 Å². The van der Waals surface area contributed by atoms with E-state index in [-0.39, 0.29) is 44.8 Å². The molecule has 2 amide bonds. The monoisotopic (exact) mass is 477 g/mol. The first-order chi connectivity index (χ1) is 15.7. The molecule has 0 aliphatic carbocycles. The van der Waals surface area contributed by atoms with E-state index in [4.69, 9.17) is 10.5 Å². The number of piperazine rings is 1. The van der Waals surface area contributed by atoms with Gasteiger partial charge in [0.25, 0.3) is 5.91 Å². The zero-order valence-corrected chi connectivity index (χ0v) is 19.0. The Morgan fingerprint density at radius 3 is 2.42 bits per heavy atom. The van der Waals surface area contributed by atoms with Crippen LogP contribution in [0.2, 0.25) is 0 Å². The maximum absolute atomic E-state index is 12.5. The van der Waals surface area contributed by atoms with Gasteiger partial charge in [-0.3, -0.25) is 24.7 Å². The number of amides is 2. The van der Waals surface area contributed by atoms with Crippen molar-refractivity contribution in [1.82, 2.24) is 19.7 Å². The van der Waals surface area contributed by atoms with E-state index >= 15 is 0 Å². The molecule has 1 fully saturated rings. The molecule has 0 spiro atoms. The highest BCUT2D eigenvalue weighted by Gasteiger charge is 2.32. The lowest BCUT2D eigenvalue weighted by Crippen LogP contribution is -2.56. The standard InChI is InChI=1S/C21H27N5O6S/c1-33(30,31)26-10-8-25(9-11-26)19(21(28)24-29)13-16-12-17(2-3-18(16)20(22)27)32-14-15-4-6-23-7-5-15/h2-7,12,19,29H,8-11,13-14H2,1H3,(H2,22,27)(H,24,28)/t19-/m0/s1. The van der Waals surface area contributed by atoms with Gasteiger partial charge in [0.15, 0.2) is 0 Å². The van der Waals surface area contributed by atoms with Crippen LogP contribution in [0.1, 0.15) is 21.5 Å². The van der Waals surface area contributed by atoms with Crippen molar-refractivity contribution >= 4 is 21.8 Å². The quantitative estimate of drug-likeness (QED) is 0.330. The molecule has 0 bridgehead atoms. The molecule has 11 nitrogen and oxygen atoms in total. The summed E-state index contributed by atoms with van der Waals surface area (Å²) in [6.45, 7) is 1.29. The zero-order chi connectivity index (χ0) is 24.0. The molecule has 178 valence electrons. The van der Waals surface area contributed by atoms with Gasteiger partial charge < -0.3 is 10.5 Å². The number of rotatable bonds is 9. The molecule has 1 aromatic heterocycles. The van der Waals surface area contributed by atoms with Crippen LogP contribution in [0, 0.1) is 0 Å². The summed E-state index contributed by atoms with van der Waals surface area (Å²) in [4.78, 5) is 30.2. The summed E-state index contributed by atoms with van der Waals surface area (Å²) in [7, 11) is -3.34. The fraction of sp³-hybridized carbons (Fsp3) is 0.381. The van der Waals surface area contributed by atoms with Gasteiger partial charge in [-0.05, 0) is 47.9 Å². The summed E-state index contributed by atoms with van der Waals surface area (Å²) in [5, 5.41) is 9.28. The van der Waals surface area contributed by atoms with E-state index in [0.29, 0.717) is 11.3 Å². The number of sulfonamides is 1. The minimum Gasteiger partial charge on any atom is -0.489 e. The maximum atomic E-state index is 12.5. The average molecular weight is 478 g/mol. The van der Waals surface area contributed by atoms with Crippen molar-refractivity contribution < 1.29 is 28.0 Å². The van der Waals surface area contributed by atoms with Crippen LogP contribution < -0.4 is 16.0 Å². The Morgan fingerprint density at radius 2 is 1.85 bits per heavy atom. The van der Waals surface area contributed by atoms with Gasteiger partial charge >= 0.3 is 0 Å². The summed E-state index contributed by atoms with van der Waals surface area (Å²) in [5.41, 5.74) is 8.83. The summed E-state index contributed by atoms with van der Waals surface area (Å²) in [6, 6.07) is 7.59. The molecule has 2 aromatic rings. The number of hydrogen-bond acceptors (Lipinski definition) is 8. The predicted octanol–water partition coefficient (Wildman–Crippen LogP) is -0.247. The van der Waals surface area contributed by atoms with E-state index in [2.05, 4.69) is 4.98 Å². The third-order valence-electron chi connectivity index (χ3n) is 5.51. The summed E-state index contributed by atoms with van der Waals surface area (Å²) in [5.74, 6) is -0.839. The van der Waals surface area contributed by atoms with Crippen molar-refractivity contribution in [1.29, 1.82) is 0 Å². The lowest BCUT2D eigenvalue weighted by Gasteiger charge is -2.37. The lowest BCUT2D eigenvalue weighted by molar-refractivity contribution is -0.135. The van der Waals surface area contributed by atoms with Gasteiger partial charge in [0.2, 0.25) is 15.9 Å². The lowest BCUT2D eigenvalue weighted by atomic mass is 9.97. The third-order valence-corrected chi connectivity index (χ3v) is 6.81. The first-order valence-corrected chi connectivity index (χ1v) is 12.1. The number of carbonyl (C=O) groups excluding carboxylic acids is 2. The molecule has 1 aliphatic rings. The van der Waals surface area contributed by atoms with E-state index in [1.54, 1.807) is 34.9 Å². The van der Waals surface area contributed by atoms with Crippen molar-refractivity contribution in [3.05, 3.63) is 59.4 Å². The molecule has 0 unspecified atom stereocenters. The van der Waals surface area contributed by atoms with Crippen LogP contribution in [0.15, 0.2) is 42.7 Å². The number of hydrogen-bond donors (Lipinski definition) is 3. The van der Waals surface area contributed by atoms with Gasteiger partial charge in [0.1, 0.15) is 12.4 Å². The van der Waals surface area contributed by atoms with Crippen molar-refractivity contribution in [2.75, 3.05) is 32.4 Å². The topological polar surface area (TPSA) is 155 Å². The van der Waals surface area contributed by atoms with Gasteiger partial charge in [0.05, 0.1) is 12.3 Å². The molecule has 33 heavy (non-hydrogen) atoms. The predicted molar refractivity (Wildman–Crippen MR) is 119 cm³/mol. The Balaban J connectivity index is 1.80. The van der Waals surface area contributed by atoms with Crippen LogP contribution >= 0.6 is 0 Å². The number of pyridine rings is 1. The Morgan fingerprint density at radius 1 is 1.18 bits per heavy atom. The van der Waals surface area contributed by atoms with E-state index in [9.17, 15) is 23.2 Å². The smallest absolute Gasteiger partial charge is 0.261 e. The van der Waals surface area contributed by atoms with Gasteiger partial charge in [-0.25, -0.2) is 13.9 Å². The number of primary amides is 1. The molecule has 3 rings (SSSR count). The minimum atomic E-state index is -3.34. The Hall–Kier alpha value is -3.06. The van der Waals surface area contributed by atoms with E-state index in [1.807, 2.05) is 12.1 Å².